The van der Waals surface area contributed by atoms with Crippen LogP contribution < -0.4 is 0 Å². The molecule has 0 saturated carbocycles. The molecule has 0 atom stereocenters. The Labute approximate surface area is 114 Å². The van der Waals surface area contributed by atoms with Gasteiger partial charge in [0.25, 0.3) is 0 Å². The zero-order chi connectivity index (χ0) is 14.0. The lowest BCUT2D eigenvalue weighted by atomic mass is 9.92. The van der Waals surface area contributed by atoms with Crippen LogP contribution in [0.3, 0.4) is 0 Å². The van der Waals surface area contributed by atoms with Crippen molar-refractivity contribution in [2.45, 2.75) is 58.1 Å². The Kier molecular flexibility index (Phi) is 4.65. The van der Waals surface area contributed by atoms with E-state index >= 15 is 0 Å². The third kappa shape index (κ3) is 3.87. The second-order valence-electron chi connectivity index (χ2n) is 5.98. The highest BCUT2D eigenvalue weighted by Gasteiger charge is 2.28. The molecule has 0 aliphatic rings. The summed E-state index contributed by atoms with van der Waals surface area (Å²) in [7, 11) is 0. The fraction of sp³-hybridized carbons (Fsp3) is 0.714. The molecule has 4 heteroatoms. The quantitative estimate of drug-likeness (QED) is 0.819. The summed E-state index contributed by atoms with van der Waals surface area (Å²) < 4.78 is 4.94. The van der Waals surface area contributed by atoms with Crippen LogP contribution in [0.4, 0.5) is 0 Å². The minimum absolute atomic E-state index is 0.0675. The third-order valence-electron chi connectivity index (χ3n) is 2.82. The fourth-order valence-corrected chi connectivity index (χ4v) is 2.52. The van der Waals surface area contributed by atoms with Crippen molar-refractivity contribution in [1.82, 2.24) is 5.16 Å². The van der Waals surface area contributed by atoms with Crippen molar-refractivity contribution in [2.75, 3.05) is 5.75 Å². The van der Waals surface area contributed by atoms with E-state index in [0.717, 1.165) is 17.2 Å². The number of hydrogen-bond acceptors (Lipinski definition) is 4. The fourth-order valence-electron chi connectivity index (χ4n) is 1.57. The SMILES string of the molecule is CCSC(C)(C)C(=O)Cc1cc(C(C)(C)C)on1. The van der Waals surface area contributed by atoms with Crippen molar-refractivity contribution in [1.29, 1.82) is 0 Å². The first-order valence-corrected chi connectivity index (χ1v) is 7.28. The number of thioether (sulfide) groups is 1. The molecular formula is C14H23NO2S. The van der Waals surface area contributed by atoms with Gasteiger partial charge in [0.1, 0.15) is 5.76 Å². The van der Waals surface area contributed by atoms with E-state index in [1.54, 1.807) is 11.8 Å². The molecule has 0 aliphatic heterocycles. The van der Waals surface area contributed by atoms with Crippen LogP contribution in [0.2, 0.25) is 0 Å². The average molecular weight is 269 g/mol. The molecule has 1 heterocycles. The van der Waals surface area contributed by atoms with E-state index in [2.05, 4.69) is 32.9 Å². The number of carbonyl (C=O) groups is 1. The normalized spacial score (nSPS) is 12.8. The lowest BCUT2D eigenvalue weighted by Gasteiger charge is -2.20. The monoisotopic (exact) mass is 269 g/mol. The Balaban J connectivity index is 2.74. The zero-order valence-electron chi connectivity index (χ0n) is 12.2. The maximum atomic E-state index is 12.2. The summed E-state index contributed by atoms with van der Waals surface area (Å²) in [4.78, 5) is 12.2. The molecule has 0 spiro atoms. The summed E-state index contributed by atoms with van der Waals surface area (Å²) in [6.45, 7) is 12.2. The number of ketones is 1. The maximum absolute atomic E-state index is 12.2. The number of Topliss-reactive ketones (excluding diaryl/α,β-unsaturated/α-hetero) is 1. The van der Waals surface area contributed by atoms with Crippen molar-refractivity contribution in [3.8, 4) is 0 Å². The minimum atomic E-state index is -0.352. The highest BCUT2D eigenvalue weighted by atomic mass is 32.2. The van der Waals surface area contributed by atoms with Crippen molar-refractivity contribution >= 4 is 17.5 Å². The molecular weight excluding hydrogens is 246 g/mol. The molecule has 1 aromatic rings. The first-order chi connectivity index (χ1) is 8.16. The molecule has 0 aromatic carbocycles. The first-order valence-electron chi connectivity index (χ1n) is 6.30. The van der Waals surface area contributed by atoms with E-state index in [1.165, 1.54) is 0 Å². The molecule has 0 N–H and O–H groups in total. The first kappa shape index (κ1) is 15.3. The van der Waals surface area contributed by atoms with E-state index in [9.17, 15) is 4.79 Å². The Morgan fingerprint density at radius 2 is 1.94 bits per heavy atom. The number of carbonyl (C=O) groups excluding carboxylic acids is 1. The Hall–Kier alpha value is -0.770. The lowest BCUT2D eigenvalue weighted by molar-refractivity contribution is -0.120. The van der Waals surface area contributed by atoms with Crippen molar-refractivity contribution in [2.24, 2.45) is 0 Å². The van der Waals surface area contributed by atoms with Gasteiger partial charge in [-0.25, -0.2) is 0 Å². The van der Waals surface area contributed by atoms with Gasteiger partial charge in [-0.2, -0.15) is 0 Å². The molecule has 0 fully saturated rings. The number of aromatic nitrogens is 1. The van der Waals surface area contributed by atoms with Gasteiger partial charge >= 0.3 is 0 Å². The molecule has 0 radical (unpaired) electrons. The van der Waals surface area contributed by atoms with Crippen LogP contribution in [-0.4, -0.2) is 21.4 Å². The van der Waals surface area contributed by atoms with Crippen LogP contribution in [-0.2, 0) is 16.6 Å². The second-order valence-corrected chi connectivity index (χ2v) is 7.86. The third-order valence-corrected chi connectivity index (χ3v) is 4.05. The summed E-state index contributed by atoms with van der Waals surface area (Å²) >= 11 is 1.67. The Bertz CT molecular complexity index is 416. The molecule has 0 saturated heterocycles. The average Bonchev–Trinajstić information content (AvgIpc) is 2.65. The summed E-state index contributed by atoms with van der Waals surface area (Å²) in [6.07, 6.45) is 0.347. The molecule has 0 aliphatic carbocycles. The van der Waals surface area contributed by atoms with Gasteiger partial charge in [0.15, 0.2) is 5.78 Å². The molecule has 102 valence electrons. The van der Waals surface area contributed by atoms with Crippen LogP contribution in [0.25, 0.3) is 0 Å². The minimum Gasteiger partial charge on any atom is -0.361 e. The highest BCUT2D eigenvalue weighted by molar-refractivity contribution is 8.01. The van der Waals surface area contributed by atoms with Gasteiger partial charge in [0, 0.05) is 11.5 Å². The lowest BCUT2D eigenvalue weighted by Crippen LogP contribution is -2.29. The molecule has 1 rings (SSSR count). The van der Waals surface area contributed by atoms with Crippen LogP contribution in [0.5, 0.6) is 0 Å². The predicted octanol–water partition coefficient (Wildman–Crippen LogP) is 3.62. The van der Waals surface area contributed by atoms with E-state index in [4.69, 9.17) is 4.52 Å². The van der Waals surface area contributed by atoms with Gasteiger partial charge in [-0.1, -0.05) is 32.9 Å². The molecule has 3 nitrogen and oxygen atoms in total. The van der Waals surface area contributed by atoms with Crippen molar-refractivity contribution in [3.05, 3.63) is 17.5 Å². The van der Waals surface area contributed by atoms with E-state index < -0.39 is 0 Å². The second kappa shape index (κ2) is 5.47. The van der Waals surface area contributed by atoms with Gasteiger partial charge in [-0.15, -0.1) is 11.8 Å². The Morgan fingerprint density at radius 1 is 1.33 bits per heavy atom. The van der Waals surface area contributed by atoms with E-state index in [-0.39, 0.29) is 15.9 Å². The van der Waals surface area contributed by atoms with Crippen molar-refractivity contribution in [3.63, 3.8) is 0 Å². The zero-order valence-corrected chi connectivity index (χ0v) is 13.0. The number of rotatable bonds is 5. The predicted molar refractivity (Wildman–Crippen MR) is 76.1 cm³/mol. The largest absolute Gasteiger partial charge is 0.361 e. The van der Waals surface area contributed by atoms with Gasteiger partial charge in [-0.05, 0) is 19.6 Å². The molecule has 0 unspecified atom stereocenters. The maximum Gasteiger partial charge on any atom is 0.154 e. The molecule has 18 heavy (non-hydrogen) atoms. The van der Waals surface area contributed by atoms with Gasteiger partial charge in [0.2, 0.25) is 0 Å². The summed E-state index contributed by atoms with van der Waals surface area (Å²) in [5.41, 5.74) is 0.664. The van der Waals surface area contributed by atoms with Crippen LogP contribution in [0.15, 0.2) is 10.6 Å². The molecule has 1 aromatic heterocycles. The van der Waals surface area contributed by atoms with Crippen molar-refractivity contribution < 1.29 is 9.32 Å². The smallest absolute Gasteiger partial charge is 0.154 e. The number of hydrogen-bond donors (Lipinski definition) is 0. The topological polar surface area (TPSA) is 43.1 Å². The van der Waals surface area contributed by atoms with E-state index in [0.29, 0.717) is 6.42 Å². The summed E-state index contributed by atoms with van der Waals surface area (Å²) in [5.74, 6) is 1.96. The number of nitrogens with zero attached hydrogens (tertiary/aromatic N) is 1. The summed E-state index contributed by atoms with van der Waals surface area (Å²) in [5, 5.41) is 3.99. The van der Waals surface area contributed by atoms with Gasteiger partial charge in [-0.3, -0.25) is 4.79 Å². The van der Waals surface area contributed by atoms with Gasteiger partial charge < -0.3 is 4.52 Å². The van der Waals surface area contributed by atoms with E-state index in [1.807, 2.05) is 19.9 Å². The highest BCUT2D eigenvalue weighted by Crippen LogP contribution is 2.27. The molecule has 0 amide bonds. The summed E-state index contributed by atoms with van der Waals surface area (Å²) in [6, 6.07) is 1.89. The van der Waals surface area contributed by atoms with Crippen LogP contribution >= 0.6 is 11.8 Å². The van der Waals surface area contributed by atoms with Gasteiger partial charge in [0.05, 0.1) is 16.9 Å². The standard InChI is InChI=1S/C14H23NO2S/c1-7-18-14(5,6)11(16)8-10-9-12(17-15-10)13(2,3)4/h9H,7-8H2,1-6H3. The van der Waals surface area contributed by atoms with Crippen LogP contribution in [0.1, 0.15) is 53.0 Å². The molecule has 0 bridgehead atoms. The van der Waals surface area contributed by atoms with Crippen LogP contribution in [0, 0.1) is 0 Å². The Morgan fingerprint density at radius 3 is 2.39 bits per heavy atom.